The van der Waals surface area contributed by atoms with E-state index in [2.05, 4.69) is 17.1 Å². The average Bonchev–Trinajstić information content (AvgIpc) is 2.38. The molecule has 20 heavy (non-hydrogen) atoms. The van der Waals surface area contributed by atoms with E-state index in [4.69, 9.17) is 0 Å². The quantitative estimate of drug-likeness (QED) is 0.861. The third-order valence-electron chi connectivity index (χ3n) is 3.29. The van der Waals surface area contributed by atoms with Gasteiger partial charge in [-0.05, 0) is 25.1 Å². The highest BCUT2D eigenvalue weighted by Crippen LogP contribution is 2.31. The molecule has 0 saturated carbocycles. The standard InChI is InChI=1S/C14H19F3N2S/c1-11-10-19(6-5-18-11)7-8-20-13-4-2-3-12(9-13)14(15,16)17/h2-4,9,11,18H,5-8,10H2,1H3. The summed E-state index contributed by atoms with van der Waals surface area (Å²) in [6, 6.07) is 6.04. The Labute approximate surface area is 121 Å². The Morgan fingerprint density at radius 3 is 2.90 bits per heavy atom. The molecule has 1 aromatic carbocycles. The van der Waals surface area contributed by atoms with Gasteiger partial charge in [-0.25, -0.2) is 0 Å². The van der Waals surface area contributed by atoms with Crippen molar-refractivity contribution in [3.8, 4) is 0 Å². The Balaban J connectivity index is 1.82. The molecule has 112 valence electrons. The fourth-order valence-electron chi connectivity index (χ4n) is 2.27. The van der Waals surface area contributed by atoms with Crippen molar-refractivity contribution in [1.29, 1.82) is 0 Å². The molecular weight excluding hydrogens is 285 g/mol. The van der Waals surface area contributed by atoms with Gasteiger partial charge in [0.05, 0.1) is 5.56 Å². The van der Waals surface area contributed by atoms with Crippen LogP contribution in [0.15, 0.2) is 29.2 Å². The summed E-state index contributed by atoms with van der Waals surface area (Å²) in [6.45, 7) is 6.05. The van der Waals surface area contributed by atoms with Crippen molar-refractivity contribution in [2.45, 2.75) is 24.0 Å². The molecular formula is C14H19F3N2S. The topological polar surface area (TPSA) is 15.3 Å². The van der Waals surface area contributed by atoms with Crippen LogP contribution in [0.5, 0.6) is 0 Å². The van der Waals surface area contributed by atoms with Crippen LogP contribution in [-0.4, -0.2) is 42.9 Å². The molecule has 1 saturated heterocycles. The molecule has 0 spiro atoms. The van der Waals surface area contributed by atoms with E-state index in [1.807, 2.05) is 0 Å². The number of alkyl halides is 3. The number of nitrogens with one attached hydrogen (secondary N) is 1. The van der Waals surface area contributed by atoms with Crippen LogP contribution in [0, 0.1) is 0 Å². The summed E-state index contributed by atoms with van der Waals surface area (Å²) in [6.07, 6.45) is -4.26. The Hall–Kier alpha value is -0.720. The highest BCUT2D eigenvalue weighted by molar-refractivity contribution is 7.99. The van der Waals surface area contributed by atoms with Crippen LogP contribution >= 0.6 is 11.8 Å². The molecule has 0 bridgehead atoms. The SMILES string of the molecule is CC1CN(CCSc2cccc(C(F)(F)F)c2)CCN1. The van der Waals surface area contributed by atoms with Crippen molar-refractivity contribution in [2.24, 2.45) is 0 Å². The van der Waals surface area contributed by atoms with Crippen molar-refractivity contribution >= 4 is 11.8 Å². The van der Waals surface area contributed by atoms with Crippen LogP contribution in [0.2, 0.25) is 0 Å². The first-order valence-electron chi connectivity index (χ1n) is 6.71. The summed E-state index contributed by atoms with van der Waals surface area (Å²) >= 11 is 1.48. The van der Waals surface area contributed by atoms with E-state index in [0.717, 1.165) is 38.0 Å². The van der Waals surface area contributed by atoms with Crippen LogP contribution in [0.1, 0.15) is 12.5 Å². The van der Waals surface area contributed by atoms with Crippen LogP contribution in [0.4, 0.5) is 13.2 Å². The largest absolute Gasteiger partial charge is 0.416 e. The van der Waals surface area contributed by atoms with E-state index < -0.39 is 11.7 Å². The van der Waals surface area contributed by atoms with Gasteiger partial charge in [-0.15, -0.1) is 11.8 Å². The monoisotopic (exact) mass is 304 g/mol. The van der Waals surface area contributed by atoms with Crippen molar-refractivity contribution < 1.29 is 13.2 Å². The zero-order chi connectivity index (χ0) is 14.6. The van der Waals surface area contributed by atoms with Crippen LogP contribution in [0.25, 0.3) is 0 Å². The minimum Gasteiger partial charge on any atom is -0.312 e. The maximum Gasteiger partial charge on any atom is 0.416 e. The maximum atomic E-state index is 12.6. The predicted octanol–water partition coefficient (Wildman–Crippen LogP) is 3.09. The van der Waals surface area contributed by atoms with Gasteiger partial charge in [0.25, 0.3) is 0 Å². The van der Waals surface area contributed by atoms with Gasteiger partial charge in [0.1, 0.15) is 0 Å². The molecule has 0 aliphatic carbocycles. The molecule has 1 atom stereocenters. The minimum atomic E-state index is -4.26. The molecule has 0 radical (unpaired) electrons. The van der Waals surface area contributed by atoms with Gasteiger partial charge < -0.3 is 5.32 Å². The second kappa shape index (κ2) is 6.83. The third kappa shape index (κ3) is 4.68. The molecule has 1 fully saturated rings. The second-order valence-electron chi connectivity index (χ2n) is 5.03. The minimum absolute atomic E-state index is 0.488. The summed E-state index contributed by atoms with van der Waals surface area (Å²) in [7, 11) is 0. The first-order valence-corrected chi connectivity index (χ1v) is 7.69. The van der Waals surface area contributed by atoms with Crippen LogP contribution in [-0.2, 0) is 6.18 Å². The molecule has 0 amide bonds. The van der Waals surface area contributed by atoms with Crippen molar-refractivity contribution in [2.75, 3.05) is 31.9 Å². The highest BCUT2D eigenvalue weighted by atomic mass is 32.2. The van der Waals surface area contributed by atoms with Gasteiger partial charge in [0, 0.05) is 42.9 Å². The first kappa shape index (κ1) is 15.7. The lowest BCUT2D eigenvalue weighted by molar-refractivity contribution is -0.137. The fourth-order valence-corrected chi connectivity index (χ4v) is 3.24. The molecule has 1 aliphatic heterocycles. The zero-order valence-electron chi connectivity index (χ0n) is 11.4. The number of thioether (sulfide) groups is 1. The van der Waals surface area contributed by atoms with E-state index in [1.165, 1.54) is 23.9 Å². The van der Waals surface area contributed by atoms with Gasteiger partial charge >= 0.3 is 6.18 Å². The maximum absolute atomic E-state index is 12.6. The van der Waals surface area contributed by atoms with Crippen molar-refractivity contribution in [3.63, 3.8) is 0 Å². The number of piperazine rings is 1. The first-order chi connectivity index (χ1) is 9.45. The molecule has 1 aromatic rings. The normalized spacial score (nSPS) is 21.1. The van der Waals surface area contributed by atoms with Crippen molar-refractivity contribution in [3.05, 3.63) is 29.8 Å². The molecule has 2 nitrogen and oxygen atoms in total. The van der Waals surface area contributed by atoms with Gasteiger partial charge in [-0.2, -0.15) is 13.2 Å². The number of hydrogen-bond acceptors (Lipinski definition) is 3. The molecule has 6 heteroatoms. The Morgan fingerprint density at radius 1 is 1.40 bits per heavy atom. The summed E-state index contributed by atoms with van der Waals surface area (Å²) in [4.78, 5) is 3.03. The third-order valence-corrected chi connectivity index (χ3v) is 4.26. The average molecular weight is 304 g/mol. The molecule has 1 aliphatic rings. The summed E-state index contributed by atoms with van der Waals surface area (Å²) in [5.41, 5.74) is -0.571. The van der Waals surface area contributed by atoms with Crippen LogP contribution < -0.4 is 5.32 Å². The van der Waals surface area contributed by atoms with Crippen molar-refractivity contribution in [1.82, 2.24) is 10.2 Å². The lowest BCUT2D eigenvalue weighted by Gasteiger charge is -2.31. The molecule has 1 unspecified atom stereocenters. The van der Waals surface area contributed by atoms with Crippen LogP contribution in [0.3, 0.4) is 0 Å². The Morgan fingerprint density at radius 2 is 2.20 bits per heavy atom. The van der Waals surface area contributed by atoms with Gasteiger partial charge in [0.15, 0.2) is 0 Å². The Kier molecular flexibility index (Phi) is 5.35. The molecule has 2 rings (SSSR count). The van der Waals surface area contributed by atoms with E-state index >= 15 is 0 Å². The summed E-state index contributed by atoms with van der Waals surface area (Å²) in [5, 5.41) is 3.37. The molecule has 0 aromatic heterocycles. The number of nitrogens with zero attached hydrogens (tertiary/aromatic N) is 1. The van der Waals surface area contributed by atoms with Gasteiger partial charge in [-0.1, -0.05) is 6.07 Å². The smallest absolute Gasteiger partial charge is 0.312 e. The number of halogens is 3. The summed E-state index contributed by atoms with van der Waals surface area (Å²) < 4.78 is 37.8. The summed E-state index contributed by atoms with van der Waals surface area (Å²) in [5.74, 6) is 0.814. The molecule has 1 heterocycles. The Bertz CT molecular complexity index is 437. The lowest BCUT2D eigenvalue weighted by Crippen LogP contribution is -2.49. The fraction of sp³-hybridized carbons (Fsp3) is 0.571. The second-order valence-corrected chi connectivity index (χ2v) is 6.20. The number of hydrogen-bond donors (Lipinski definition) is 1. The number of benzene rings is 1. The molecule has 1 N–H and O–H groups in total. The lowest BCUT2D eigenvalue weighted by atomic mass is 10.2. The zero-order valence-corrected chi connectivity index (χ0v) is 12.2. The van der Waals surface area contributed by atoms with E-state index in [0.29, 0.717) is 10.9 Å². The van der Waals surface area contributed by atoms with Gasteiger partial charge in [0.2, 0.25) is 0 Å². The highest BCUT2D eigenvalue weighted by Gasteiger charge is 2.30. The van der Waals surface area contributed by atoms with Gasteiger partial charge in [-0.3, -0.25) is 4.90 Å². The van der Waals surface area contributed by atoms with E-state index in [1.54, 1.807) is 6.07 Å². The van der Waals surface area contributed by atoms with E-state index in [9.17, 15) is 13.2 Å². The predicted molar refractivity (Wildman–Crippen MR) is 76.1 cm³/mol. The van der Waals surface area contributed by atoms with E-state index in [-0.39, 0.29) is 0 Å². The number of rotatable bonds is 4.